The lowest BCUT2D eigenvalue weighted by Crippen LogP contribution is -2.01. The van der Waals surface area contributed by atoms with E-state index in [1.54, 1.807) is 12.1 Å². The first-order valence-corrected chi connectivity index (χ1v) is 7.26. The number of hydrogen-bond acceptors (Lipinski definition) is 3. The fourth-order valence-corrected chi connectivity index (χ4v) is 2.25. The van der Waals surface area contributed by atoms with Crippen molar-refractivity contribution in [2.75, 3.05) is 6.61 Å². The summed E-state index contributed by atoms with van der Waals surface area (Å²) in [5, 5.41) is 9.87. The first kappa shape index (κ1) is 15.7. The van der Waals surface area contributed by atoms with Gasteiger partial charge in [0.1, 0.15) is 6.61 Å². The lowest BCUT2D eigenvalue weighted by atomic mass is 10.1. The van der Waals surface area contributed by atoms with Crippen LogP contribution in [-0.2, 0) is 13.2 Å². The molecule has 0 bridgehead atoms. The minimum atomic E-state index is -0.0237. The van der Waals surface area contributed by atoms with Crippen LogP contribution < -0.4 is 9.47 Å². The number of rotatable bonds is 6. The third-order valence-corrected chi connectivity index (χ3v) is 3.43. The Morgan fingerprint density at radius 3 is 2.52 bits per heavy atom. The van der Waals surface area contributed by atoms with Crippen molar-refractivity contribution >= 4 is 11.6 Å². The molecule has 0 radical (unpaired) electrons. The summed E-state index contributed by atoms with van der Waals surface area (Å²) in [6.07, 6.45) is 0. The van der Waals surface area contributed by atoms with Gasteiger partial charge in [-0.1, -0.05) is 29.8 Å². The second-order valence-electron chi connectivity index (χ2n) is 4.76. The molecule has 21 heavy (non-hydrogen) atoms. The molecule has 0 aliphatic heterocycles. The van der Waals surface area contributed by atoms with E-state index in [-0.39, 0.29) is 6.61 Å². The zero-order chi connectivity index (χ0) is 15.2. The standard InChI is InChI=1S/C17H19ClO3/c1-3-20-17-9-13(10-19)5-7-16(17)21-11-14-6-4-12(2)8-15(14)18/h4-9,19H,3,10-11H2,1-2H3. The van der Waals surface area contributed by atoms with Gasteiger partial charge in [-0.05, 0) is 43.2 Å². The Balaban J connectivity index is 2.15. The SMILES string of the molecule is CCOc1cc(CO)ccc1OCc1ccc(C)cc1Cl. The normalized spacial score (nSPS) is 10.5. The third-order valence-electron chi connectivity index (χ3n) is 3.08. The highest BCUT2D eigenvalue weighted by molar-refractivity contribution is 6.31. The second kappa shape index (κ2) is 7.34. The van der Waals surface area contributed by atoms with E-state index in [4.69, 9.17) is 21.1 Å². The summed E-state index contributed by atoms with van der Waals surface area (Å²) < 4.78 is 11.4. The molecule has 2 aromatic rings. The molecule has 112 valence electrons. The minimum Gasteiger partial charge on any atom is -0.490 e. The molecule has 0 aliphatic rings. The van der Waals surface area contributed by atoms with Gasteiger partial charge in [-0.2, -0.15) is 0 Å². The van der Waals surface area contributed by atoms with Crippen molar-refractivity contribution < 1.29 is 14.6 Å². The molecule has 0 spiro atoms. The Hall–Kier alpha value is -1.71. The first-order valence-electron chi connectivity index (χ1n) is 6.88. The maximum atomic E-state index is 9.18. The molecule has 2 rings (SSSR count). The summed E-state index contributed by atoms with van der Waals surface area (Å²) in [4.78, 5) is 0. The fourth-order valence-electron chi connectivity index (χ4n) is 1.96. The van der Waals surface area contributed by atoms with E-state index in [9.17, 15) is 5.11 Å². The summed E-state index contributed by atoms with van der Waals surface area (Å²) >= 11 is 6.20. The van der Waals surface area contributed by atoms with Crippen LogP contribution in [0.1, 0.15) is 23.6 Å². The highest BCUT2D eigenvalue weighted by atomic mass is 35.5. The van der Waals surface area contributed by atoms with Gasteiger partial charge < -0.3 is 14.6 Å². The quantitative estimate of drug-likeness (QED) is 0.872. The Bertz CT molecular complexity index is 611. The summed E-state index contributed by atoms with van der Waals surface area (Å²) in [5.41, 5.74) is 2.83. The van der Waals surface area contributed by atoms with E-state index in [1.807, 2.05) is 38.1 Å². The summed E-state index contributed by atoms with van der Waals surface area (Å²) in [7, 11) is 0. The molecule has 0 unspecified atom stereocenters. The molecule has 0 aromatic heterocycles. The van der Waals surface area contributed by atoms with Crippen LogP contribution >= 0.6 is 11.6 Å². The van der Waals surface area contributed by atoms with E-state index in [2.05, 4.69) is 0 Å². The van der Waals surface area contributed by atoms with Crippen molar-refractivity contribution in [2.45, 2.75) is 27.1 Å². The first-order chi connectivity index (χ1) is 10.1. The summed E-state index contributed by atoms with van der Waals surface area (Å²) in [5.74, 6) is 1.28. The molecule has 3 nitrogen and oxygen atoms in total. The highest BCUT2D eigenvalue weighted by Gasteiger charge is 2.08. The zero-order valence-electron chi connectivity index (χ0n) is 12.2. The summed E-state index contributed by atoms with van der Waals surface area (Å²) in [6.45, 7) is 4.79. The second-order valence-corrected chi connectivity index (χ2v) is 5.16. The third kappa shape index (κ3) is 4.13. The van der Waals surface area contributed by atoms with Gasteiger partial charge in [0.25, 0.3) is 0 Å². The van der Waals surface area contributed by atoms with Crippen LogP contribution in [0.2, 0.25) is 5.02 Å². The van der Waals surface area contributed by atoms with Gasteiger partial charge in [0.15, 0.2) is 11.5 Å². The molecule has 0 atom stereocenters. The van der Waals surface area contributed by atoms with E-state index < -0.39 is 0 Å². The van der Waals surface area contributed by atoms with Crippen molar-refractivity contribution in [3.63, 3.8) is 0 Å². The molecule has 0 heterocycles. The predicted molar refractivity (Wildman–Crippen MR) is 84.1 cm³/mol. The Morgan fingerprint density at radius 1 is 1.05 bits per heavy atom. The number of aliphatic hydroxyl groups is 1. The maximum Gasteiger partial charge on any atom is 0.161 e. The molecule has 0 amide bonds. The Labute approximate surface area is 130 Å². The van der Waals surface area contributed by atoms with Crippen molar-refractivity contribution in [1.82, 2.24) is 0 Å². The van der Waals surface area contributed by atoms with Crippen LogP contribution in [0.4, 0.5) is 0 Å². The Morgan fingerprint density at radius 2 is 1.86 bits per heavy atom. The van der Waals surface area contributed by atoms with Crippen LogP contribution in [0.5, 0.6) is 11.5 Å². The van der Waals surface area contributed by atoms with Crippen LogP contribution in [0.25, 0.3) is 0 Å². The lowest BCUT2D eigenvalue weighted by Gasteiger charge is -2.13. The monoisotopic (exact) mass is 306 g/mol. The van der Waals surface area contributed by atoms with Crippen molar-refractivity contribution in [3.8, 4) is 11.5 Å². The van der Waals surface area contributed by atoms with Crippen LogP contribution in [0, 0.1) is 6.92 Å². The maximum absolute atomic E-state index is 9.18. The largest absolute Gasteiger partial charge is 0.490 e. The van der Waals surface area contributed by atoms with Gasteiger partial charge in [0.2, 0.25) is 0 Å². The van der Waals surface area contributed by atoms with E-state index in [1.165, 1.54) is 0 Å². The lowest BCUT2D eigenvalue weighted by molar-refractivity contribution is 0.264. The topological polar surface area (TPSA) is 38.7 Å². The molecule has 4 heteroatoms. The molecular formula is C17H19ClO3. The van der Waals surface area contributed by atoms with Crippen LogP contribution in [-0.4, -0.2) is 11.7 Å². The van der Waals surface area contributed by atoms with Crippen molar-refractivity contribution in [2.24, 2.45) is 0 Å². The number of halogens is 1. The van der Waals surface area contributed by atoms with Gasteiger partial charge in [-0.25, -0.2) is 0 Å². The van der Waals surface area contributed by atoms with E-state index in [0.29, 0.717) is 29.7 Å². The van der Waals surface area contributed by atoms with Gasteiger partial charge in [-0.3, -0.25) is 0 Å². The molecule has 0 fully saturated rings. The fraction of sp³-hybridized carbons (Fsp3) is 0.294. The van der Waals surface area contributed by atoms with E-state index >= 15 is 0 Å². The van der Waals surface area contributed by atoms with Crippen molar-refractivity contribution in [3.05, 3.63) is 58.1 Å². The number of hydrogen-bond donors (Lipinski definition) is 1. The van der Waals surface area contributed by atoms with Crippen LogP contribution in [0.3, 0.4) is 0 Å². The number of ether oxygens (including phenoxy) is 2. The van der Waals surface area contributed by atoms with Gasteiger partial charge in [-0.15, -0.1) is 0 Å². The summed E-state index contributed by atoms with van der Waals surface area (Å²) in [6, 6.07) is 11.3. The minimum absolute atomic E-state index is 0.0237. The van der Waals surface area contributed by atoms with Gasteiger partial charge in [0, 0.05) is 10.6 Å². The number of aliphatic hydroxyl groups excluding tert-OH is 1. The molecule has 1 N–H and O–H groups in total. The zero-order valence-corrected chi connectivity index (χ0v) is 13.0. The number of benzene rings is 2. The average molecular weight is 307 g/mol. The Kier molecular flexibility index (Phi) is 5.48. The number of aryl methyl sites for hydroxylation is 1. The molecule has 0 saturated carbocycles. The van der Waals surface area contributed by atoms with Gasteiger partial charge in [0.05, 0.1) is 13.2 Å². The molecular weight excluding hydrogens is 288 g/mol. The van der Waals surface area contributed by atoms with Crippen molar-refractivity contribution in [1.29, 1.82) is 0 Å². The van der Waals surface area contributed by atoms with E-state index in [0.717, 1.165) is 16.7 Å². The average Bonchev–Trinajstić information content (AvgIpc) is 2.47. The van der Waals surface area contributed by atoms with Crippen LogP contribution in [0.15, 0.2) is 36.4 Å². The smallest absolute Gasteiger partial charge is 0.161 e. The predicted octanol–water partition coefficient (Wildman–Crippen LogP) is 4.12. The molecule has 0 saturated heterocycles. The molecule has 2 aromatic carbocycles. The highest BCUT2D eigenvalue weighted by Crippen LogP contribution is 2.30. The molecule has 0 aliphatic carbocycles. The van der Waals surface area contributed by atoms with Gasteiger partial charge >= 0.3 is 0 Å².